The normalized spacial score (nSPS) is 17.0. The van der Waals surface area contributed by atoms with Gasteiger partial charge in [0, 0.05) is 19.1 Å². The molecule has 0 radical (unpaired) electrons. The molecule has 0 saturated carbocycles. The average molecular weight is 289 g/mol. The second-order valence-corrected chi connectivity index (χ2v) is 4.79. The van der Waals surface area contributed by atoms with E-state index < -0.39 is 0 Å². The minimum atomic E-state index is -0.344. The summed E-state index contributed by atoms with van der Waals surface area (Å²) in [7, 11) is 1.38. The summed E-state index contributed by atoms with van der Waals surface area (Å²) in [6, 6.07) is 2.10. The Balaban J connectivity index is 0.00000180. The number of ether oxygens (including phenoxy) is 1. The lowest BCUT2D eigenvalue weighted by atomic mass is 10.1. The van der Waals surface area contributed by atoms with Crippen LogP contribution in [0.25, 0.3) is 0 Å². The van der Waals surface area contributed by atoms with Crippen LogP contribution in [0.3, 0.4) is 0 Å². The van der Waals surface area contributed by atoms with Gasteiger partial charge < -0.3 is 14.9 Å². The number of piperidine rings is 1. The third kappa shape index (κ3) is 3.96. The van der Waals surface area contributed by atoms with Crippen molar-refractivity contribution in [1.82, 2.24) is 4.90 Å². The number of rotatable bonds is 3. The van der Waals surface area contributed by atoms with E-state index in [1.807, 2.05) is 0 Å². The summed E-state index contributed by atoms with van der Waals surface area (Å²) in [5.41, 5.74) is 6.38. The van der Waals surface area contributed by atoms with Crippen molar-refractivity contribution in [2.45, 2.75) is 32.4 Å². The van der Waals surface area contributed by atoms with Gasteiger partial charge in [0.15, 0.2) is 0 Å². The Morgan fingerprint density at radius 3 is 2.74 bits per heavy atom. The van der Waals surface area contributed by atoms with Crippen LogP contribution in [-0.2, 0) is 11.3 Å². The number of hydrogen-bond acceptors (Lipinski definition) is 5. The molecular formula is C13H21ClN2O3. The third-order valence-electron chi connectivity index (χ3n) is 3.39. The van der Waals surface area contributed by atoms with Crippen LogP contribution in [0.2, 0.25) is 0 Å². The molecule has 0 spiro atoms. The number of methoxy groups -OCH3 is 1. The maximum Gasteiger partial charge on any atom is 0.341 e. The molecule has 1 aliphatic heterocycles. The topological polar surface area (TPSA) is 68.7 Å². The summed E-state index contributed by atoms with van der Waals surface area (Å²) >= 11 is 0. The second kappa shape index (κ2) is 6.93. The van der Waals surface area contributed by atoms with Gasteiger partial charge in [-0.15, -0.1) is 12.4 Å². The molecule has 19 heavy (non-hydrogen) atoms. The number of carbonyl (C=O) groups is 1. The highest BCUT2D eigenvalue weighted by atomic mass is 35.5. The van der Waals surface area contributed by atoms with Crippen molar-refractivity contribution in [2.75, 3.05) is 20.2 Å². The van der Waals surface area contributed by atoms with Crippen LogP contribution in [-0.4, -0.2) is 37.1 Å². The van der Waals surface area contributed by atoms with Gasteiger partial charge in [-0.25, -0.2) is 4.79 Å². The van der Waals surface area contributed by atoms with Crippen molar-refractivity contribution in [3.8, 4) is 0 Å². The molecule has 0 aliphatic carbocycles. The molecule has 1 aliphatic rings. The van der Waals surface area contributed by atoms with Crippen LogP contribution >= 0.6 is 12.4 Å². The van der Waals surface area contributed by atoms with Gasteiger partial charge in [-0.1, -0.05) is 0 Å². The molecular weight excluding hydrogens is 268 g/mol. The van der Waals surface area contributed by atoms with E-state index in [2.05, 4.69) is 4.90 Å². The van der Waals surface area contributed by atoms with Crippen molar-refractivity contribution >= 4 is 18.4 Å². The lowest BCUT2D eigenvalue weighted by Crippen LogP contribution is -2.39. The van der Waals surface area contributed by atoms with E-state index in [1.54, 1.807) is 13.0 Å². The molecule has 1 fully saturated rings. The Morgan fingerprint density at radius 2 is 2.16 bits per heavy atom. The fourth-order valence-corrected chi connectivity index (χ4v) is 2.27. The molecule has 1 aromatic heterocycles. The monoisotopic (exact) mass is 288 g/mol. The van der Waals surface area contributed by atoms with Crippen LogP contribution in [0.4, 0.5) is 0 Å². The zero-order valence-electron chi connectivity index (χ0n) is 11.3. The molecule has 0 unspecified atom stereocenters. The molecule has 1 aromatic rings. The minimum Gasteiger partial charge on any atom is -0.465 e. The predicted molar refractivity (Wildman–Crippen MR) is 74.5 cm³/mol. The summed E-state index contributed by atoms with van der Waals surface area (Å²) < 4.78 is 10.3. The lowest BCUT2D eigenvalue weighted by molar-refractivity contribution is 0.0599. The van der Waals surface area contributed by atoms with Gasteiger partial charge in [0.1, 0.15) is 17.1 Å². The molecule has 5 nitrogen and oxygen atoms in total. The van der Waals surface area contributed by atoms with Gasteiger partial charge in [0.05, 0.1) is 13.7 Å². The zero-order chi connectivity index (χ0) is 13.1. The molecule has 108 valence electrons. The van der Waals surface area contributed by atoms with Crippen molar-refractivity contribution in [2.24, 2.45) is 5.73 Å². The first-order valence-corrected chi connectivity index (χ1v) is 6.25. The highest BCUT2D eigenvalue weighted by Gasteiger charge is 2.20. The molecule has 2 N–H and O–H groups in total. The zero-order valence-corrected chi connectivity index (χ0v) is 12.2. The first-order valence-electron chi connectivity index (χ1n) is 6.25. The summed E-state index contributed by atoms with van der Waals surface area (Å²) in [5, 5.41) is 0. The molecule has 6 heteroatoms. The number of carbonyl (C=O) groups excluding carboxylic acids is 1. The van der Waals surface area contributed by atoms with Gasteiger partial charge in [-0.3, -0.25) is 4.90 Å². The van der Waals surface area contributed by atoms with E-state index in [0.29, 0.717) is 17.4 Å². The van der Waals surface area contributed by atoms with Gasteiger partial charge in [-0.2, -0.15) is 0 Å². The average Bonchev–Trinajstić information content (AvgIpc) is 2.72. The first kappa shape index (κ1) is 16.0. The minimum absolute atomic E-state index is 0. The molecule has 0 aromatic carbocycles. The fourth-order valence-electron chi connectivity index (χ4n) is 2.27. The Kier molecular flexibility index (Phi) is 5.85. The van der Waals surface area contributed by atoms with Gasteiger partial charge in [0.2, 0.25) is 0 Å². The molecule has 1 saturated heterocycles. The molecule has 0 bridgehead atoms. The maximum atomic E-state index is 11.5. The highest BCUT2D eigenvalue weighted by molar-refractivity contribution is 5.90. The standard InChI is InChI=1S/C13H20N2O3.ClH/c1-9-12(13(16)17-2)7-11(18-9)8-15-5-3-10(14)4-6-15;/h7,10H,3-6,8,14H2,1-2H3;1H. The van der Waals surface area contributed by atoms with Gasteiger partial charge in [0.25, 0.3) is 0 Å². The van der Waals surface area contributed by atoms with E-state index in [-0.39, 0.29) is 18.4 Å². The lowest BCUT2D eigenvalue weighted by Gasteiger charge is -2.29. The van der Waals surface area contributed by atoms with Crippen LogP contribution < -0.4 is 5.73 Å². The Hall–Kier alpha value is -1.04. The van der Waals surface area contributed by atoms with E-state index in [1.165, 1.54) is 7.11 Å². The molecule has 0 atom stereocenters. The number of furan rings is 1. The summed E-state index contributed by atoms with van der Waals surface area (Å²) in [4.78, 5) is 13.8. The Morgan fingerprint density at radius 1 is 1.53 bits per heavy atom. The Labute approximate surface area is 119 Å². The fraction of sp³-hybridized carbons (Fsp3) is 0.615. The number of hydrogen-bond donors (Lipinski definition) is 1. The van der Waals surface area contributed by atoms with E-state index >= 15 is 0 Å². The Bertz CT molecular complexity index is 426. The van der Waals surface area contributed by atoms with E-state index in [9.17, 15) is 4.79 Å². The van der Waals surface area contributed by atoms with Crippen LogP contribution in [0.1, 0.15) is 34.7 Å². The van der Waals surface area contributed by atoms with Crippen LogP contribution in [0, 0.1) is 6.92 Å². The van der Waals surface area contributed by atoms with Crippen molar-refractivity contribution in [3.63, 3.8) is 0 Å². The molecule has 2 rings (SSSR count). The molecule has 2 heterocycles. The smallest absolute Gasteiger partial charge is 0.341 e. The number of esters is 1. The van der Waals surface area contributed by atoms with Crippen molar-refractivity contribution in [3.05, 3.63) is 23.2 Å². The predicted octanol–water partition coefficient (Wildman–Crippen LogP) is 1.72. The number of likely N-dealkylation sites (tertiary alicyclic amines) is 1. The highest BCUT2D eigenvalue weighted by Crippen LogP contribution is 2.19. The second-order valence-electron chi connectivity index (χ2n) is 4.79. The largest absolute Gasteiger partial charge is 0.465 e. The third-order valence-corrected chi connectivity index (χ3v) is 3.39. The summed E-state index contributed by atoms with van der Waals surface area (Å²) in [6.45, 7) is 4.47. The summed E-state index contributed by atoms with van der Waals surface area (Å²) in [6.07, 6.45) is 2.03. The molecule has 0 amide bonds. The van der Waals surface area contributed by atoms with Crippen molar-refractivity contribution in [1.29, 1.82) is 0 Å². The van der Waals surface area contributed by atoms with E-state index in [0.717, 1.165) is 38.2 Å². The number of nitrogens with zero attached hydrogens (tertiary/aromatic N) is 1. The van der Waals surface area contributed by atoms with Gasteiger partial charge >= 0.3 is 5.97 Å². The van der Waals surface area contributed by atoms with Crippen LogP contribution in [0.15, 0.2) is 10.5 Å². The number of nitrogens with two attached hydrogens (primary N) is 1. The number of halogens is 1. The SMILES string of the molecule is COC(=O)c1cc(CN2CCC(N)CC2)oc1C.Cl. The van der Waals surface area contributed by atoms with Crippen molar-refractivity contribution < 1.29 is 13.9 Å². The maximum absolute atomic E-state index is 11.5. The first-order chi connectivity index (χ1) is 8.60. The van der Waals surface area contributed by atoms with Crippen LogP contribution in [0.5, 0.6) is 0 Å². The van der Waals surface area contributed by atoms with E-state index in [4.69, 9.17) is 14.9 Å². The number of aryl methyl sites for hydroxylation is 1. The summed E-state index contributed by atoms with van der Waals surface area (Å²) in [5.74, 6) is 1.08. The van der Waals surface area contributed by atoms with Gasteiger partial charge in [-0.05, 0) is 25.8 Å². The quantitative estimate of drug-likeness (QED) is 0.858.